The lowest BCUT2D eigenvalue weighted by atomic mass is 10.0. The standard InChI is InChI=1S/C29H34ClF2N3O2/c1-3-20-5-4-6-21(13-20)18-35(12-11-27(33)16-22-14-25(31)17-26(32)15-22)29(37)19(2)34-28(36)23-7-9-24(30)10-8-23/h4-10,13-15,17,19,27,29,37H,3,11-12,16,18,33H2,1-2H3,(H,34,36)/t19-,27-,29?/m1/s1. The minimum absolute atomic E-state index is 0.298. The van der Waals surface area contributed by atoms with Crippen LogP contribution in [0.3, 0.4) is 0 Å². The lowest BCUT2D eigenvalue weighted by Gasteiger charge is -2.33. The highest BCUT2D eigenvalue weighted by molar-refractivity contribution is 6.30. The Morgan fingerprint density at radius 3 is 2.32 bits per heavy atom. The number of benzene rings is 3. The summed E-state index contributed by atoms with van der Waals surface area (Å²) in [5, 5.41) is 14.6. The van der Waals surface area contributed by atoms with E-state index in [9.17, 15) is 18.7 Å². The zero-order chi connectivity index (χ0) is 26.9. The second-order valence-corrected chi connectivity index (χ2v) is 9.79. The highest BCUT2D eigenvalue weighted by Crippen LogP contribution is 2.16. The molecule has 0 spiro atoms. The molecule has 37 heavy (non-hydrogen) atoms. The summed E-state index contributed by atoms with van der Waals surface area (Å²) in [5.41, 5.74) is 9.43. The van der Waals surface area contributed by atoms with E-state index in [0.29, 0.717) is 42.1 Å². The van der Waals surface area contributed by atoms with Gasteiger partial charge in [-0.25, -0.2) is 8.78 Å². The Morgan fingerprint density at radius 2 is 1.68 bits per heavy atom. The first-order chi connectivity index (χ1) is 17.6. The number of aliphatic hydroxyl groups excluding tert-OH is 1. The van der Waals surface area contributed by atoms with Crippen LogP contribution >= 0.6 is 11.6 Å². The van der Waals surface area contributed by atoms with Crippen LogP contribution in [0.15, 0.2) is 66.7 Å². The maximum atomic E-state index is 13.6. The van der Waals surface area contributed by atoms with Crippen molar-refractivity contribution in [3.63, 3.8) is 0 Å². The molecule has 0 bridgehead atoms. The van der Waals surface area contributed by atoms with E-state index in [4.69, 9.17) is 17.3 Å². The molecule has 0 radical (unpaired) electrons. The van der Waals surface area contributed by atoms with Gasteiger partial charge in [-0.2, -0.15) is 0 Å². The van der Waals surface area contributed by atoms with Crippen LogP contribution in [-0.4, -0.2) is 40.8 Å². The first kappa shape index (κ1) is 28.7. The monoisotopic (exact) mass is 529 g/mol. The van der Waals surface area contributed by atoms with E-state index in [1.807, 2.05) is 23.1 Å². The summed E-state index contributed by atoms with van der Waals surface area (Å²) >= 11 is 5.91. The molecule has 0 saturated heterocycles. The molecular weight excluding hydrogens is 496 g/mol. The fourth-order valence-corrected chi connectivity index (χ4v) is 4.36. The second-order valence-electron chi connectivity index (χ2n) is 9.36. The third-order valence-corrected chi connectivity index (χ3v) is 6.53. The number of nitrogens with two attached hydrogens (primary N) is 1. The molecule has 3 aromatic carbocycles. The molecule has 1 unspecified atom stereocenters. The molecule has 198 valence electrons. The van der Waals surface area contributed by atoms with Gasteiger partial charge in [-0.3, -0.25) is 9.69 Å². The first-order valence-corrected chi connectivity index (χ1v) is 12.8. The Morgan fingerprint density at radius 1 is 1.03 bits per heavy atom. The van der Waals surface area contributed by atoms with Gasteiger partial charge in [0.25, 0.3) is 5.91 Å². The van der Waals surface area contributed by atoms with E-state index in [2.05, 4.69) is 18.3 Å². The molecule has 0 saturated carbocycles. The van der Waals surface area contributed by atoms with Gasteiger partial charge >= 0.3 is 0 Å². The number of carbonyl (C=O) groups excluding carboxylic acids is 1. The highest BCUT2D eigenvalue weighted by atomic mass is 35.5. The number of nitrogens with zero attached hydrogens (tertiary/aromatic N) is 1. The molecule has 1 amide bonds. The average Bonchev–Trinajstić information content (AvgIpc) is 2.85. The van der Waals surface area contributed by atoms with Crippen LogP contribution in [0.5, 0.6) is 0 Å². The Balaban J connectivity index is 1.70. The normalized spacial score (nSPS) is 13.8. The lowest BCUT2D eigenvalue weighted by Crippen LogP contribution is -2.51. The van der Waals surface area contributed by atoms with E-state index in [1.165, 1.54) is 17.7 Å². The zero-order valence-corrected chi connectivity index (χ0v) is 21.9. The minimum Gasteiger partial charge on any atom is -0.376 e. The van der Waals surface area contributed by atoms with Crippen molar-refractivity contribution in [1.82, 2.24) is 10.2 Å². The van der Waals surface area contributed by atoms with Gasteiger partial charge in [0.1, 0.15) is 17.9 Å². The van der Waals surface area contributed by atoms with Gasteiger partial charge in [0.05, 0.1) is 6.04 Å². The average molecular weight is 530 g/mol. The van der Waals surface area contributed by atoms with E-state index in [1.54, 1.807) is 31.2 Å². The number of halogens is 3. The topological polar surface area (TPSA) is 78.6 Å². The number of hydrogen-bond donors (Lipinski definition) is 3. The number of aliphatic hydroxyl groups is 1. The predicted octanol–water partition coefficient (Wildman–Crippen LogP) is 5.08. The quantitative estimate of drug-likeness (QED) is 0.286. The van der Waals surface area contributed by atoms with Crippen LogP contribution in [0.2, 0.25) is 5.02 Å². The van der Waals surface area contributed by atoms with Crippen LogP contribution in [0.25, 0.3) is 0 Å². The number of amides is 1. The minimum atomic E-state index is -1.000. The molecule has 3 rings (SSSR count). The summed E-state index contributed by atoms with van der Waals surface area (Å²) in [4.78, 5) is 14.5. The molecule has 3 atom stereocenters. The second kappa shape index (κ2) is 13.6. The van der Waals surface area contributed by atoms with E-state index in [-0.39, 0.29) is 11.9 Å². The number of hydrogen-bond acceptors (Lipinski definition) is 4. The Hall–Kier alpha value is -2.84. The molecule has 0 fully saturated rings. The largest absolute Gasteiger partial charge is 0.376 e. The van der Waals surface area contributed by atoms with E-state index < -0.39 is 23.9 Å². The third-order valence-electron chi connectivity index (χ3n) is 6.28. The number of nitrogens with one attached hydrogen (secondary N) is 1. The van der Waals surface area contributed by atoms with Crippen LogP contribution in [0.1, 0.15) is 47.3 Å². The van der Waals surface area contributed by atoms with Crippen molar-refractivity contribution >= 4 is 17.5 Å². The van der Waals surface area contributed by atoms with Crippen LogP contribution in [0.4, 0.5) is 8.78 Å². The summed E-state index contributed by atoms with van der Waals surface area (Å²) < 4.78 is 27.1. The Bertz CT molecular complexity index is 1160. The first-order valence-electron chi connectivity index (χ1n) is 12.4. The molecule has 0 aliphatic rings. The van der Waals surface area contributed by atoms with Crippen LogP contribution in [-0.2, 0) is 19.4 Å². The van der Waals surface area contributed by atoms with Gasteiger partial charge < -0.3 is 16.2 Å². The molecule has 3 aromatic rings. The van der Waals surface area contributed by atoms with Crippen LogP contribution < -0.4 is 11.1 Å². The van der Waals surface area contributed by atoms with Crippen molar-refractivity contribution in [3.05, 3.63) is 106 Å². The molecule has 4 N–H and O–H groups in total. The van der Waals surface area contributed by atoms with Crippen molar-refractivity contribution in [1.29, 1.82) is 0 Å². The van der Waals surface area contributed by atoms with E-state index in [0.717, 1.165) is 18.1 Å². The molecular formula is C29H34ClF2N3O2. The zero-order valence-electron chi connectivity index (χ0n) is 21.1. The van der Waals surface area contributed by atoms with Gasteiger partial charge in [0.2, 0.25) is 0 Å². The van der Waals surface area contributed by atoms with Crippen molar-refractivity contribution < 1.29 is 18.7 Å². The predicted molar refractivity (Wildman–Crippen MR) is 143 cm³/mol. The van der Waals surface area contributed by atoms with Crippen molar-refractivity contribution in [3.8, 4) is 0 Å². The van der Waals surface area contributed by atoms with E-state index >= 15 is 0 Å². The van der Waals surface area contributed by atoms with Crippen molar-refractivity contribution in [2.75, 3.05) is 6.54 Å². The SMILES string of the molecule is CCc1cccc(CN(CC[C@@H](N)Cc2cc(F)cc(F)c2)C(O)[C@@H](C)NC(=O)c2ccc(Cl)cc2)c1. The van der Waals surface area contributed by atoms with Gasteiger partial charge in [0.15, 0.2) is 0 Å². The summed E-state index contributed by atoms with van der Waals surface area (Å²) in [5.74, 6) is -1.60. The van der Waals surface area contributed by atoms with Gasteiger partial charge in [-0.05, 0) is 79.3 Å². The lowest BCUT2D eigenvalue weighted by molar-refractivity contribution is -0.0255. The number of carbonyl (C=O) groups is 1. The maximum absolute atomic E-state index is 13.6. The van der Waals surface area contributed by atoms with Crippen LogP contribution in [0, 0.1) is 11.6 Å². The summed E-state index contributed by atoms with van der Waals surface area (Å²) in [7, 11) is 0. The van der Waals surface area contributed by atoms with Crippen molar-refractivity contribution in [2.45, 2.75) is 58.0 Å². The Labute approximate surface area is 222 Å². The van der Waals surface area contributed by atoms with Crippen molar-refractivity contribution in [2.24, 2.45) is 5.73 Å². The fraction of sp³-hybridized carbons (Fsp3) is 0.345. The highest BCUT2D eigenvalue weighted by Gasteiger charge is 2.25. The summed E-state index contributed by atoms with van der Waals surface area (Å²) in [6, 6.07) is 17.0. The summed E-state index contributed by atoms with van der Waals surface area (Å²) in [6.07, 6.45) is 0.659. The molecule has 0 heterocycles. The number of rotatable bonds is 12. The molecule has 8 heteroatoms. The summed E-state index contributed by atoms with van der Waals surface area (Å²) in [6.45, 7) is 4.67. The molecule has 0 aliphatic heterocycles. The molecule has 0 aliphatic carbocycles. The van der Waals surface area contributed by atoms with Gasteiger partial charge in [0, 0.05) is 35.8 Å². The maximum Gasteiger partial charge on any atom is 0.251 e. The number of aryl methyl sites for hydroxylation is 1. The fourth-order valence-electron chi connectivity index (χ4n) is 4.23. The Kier molecular flexibility index (Phi) is 10.6. The van der Waals surface area contributed by atoms with Gasteiger partial charge in [-0.15, -0.1) is 0 Å². The van der Waals surface area contributed by atoms with Gasteiger partial charge in [-0.1, -0.05) is 42.8 Å². The molecule has 0 aromatic heterocycles. The smallest absolute Gasteiger partial charge is 0.251 e. The third kappa shape index (κ3) is 8.90. The molecule has 5 nitrogen and oxygen atoms in total.